The molecule has 102 valence electrons. The van der Waals surface area contributed by atoms with E-state index in [9.17, 15) is 0 Å². The molecular weight excluding hydrogens is 236 g/mol. The van der Waals surface area contributed by atoms with Gasteiger partial charge in [0.15, 0.2) is 0 Å². The molecule has 0 bridgehead atoms. The van der Waals surface area contributed by atoms with Crippen molar-refractivity contribution in [2.24, 2.45) is 0 Å². The minimum atomic E-state index is 0.743. The van der Waals surface area contributed by atoms with E-state index in [4.69, 9.17) is 4.74 Å². The summed E-state index contributed by atoms with van der Waals surface area (Å²) < 4.78 is 7.29. The molecule has 0 atom stereocenters. The summed E-state index contributed by atoms with van der Waals surface area (Å²) >= 11 is 0. The number of hydrogen-bond donors (Lipinski definition) is 1. The number of rotatable bonds is 7. The van der Waals surface area contributed by atoms with Crippen LogP contribution >= 0.6 is 0 Å². The van der Waals surface area contributed by atoms with Gasteiger partial charge in [0.25, 0.3) is 0 Å². The van der Waals surface area contributed by atoms with Gasteiger partial charge >= 0.3 is 0 Å². The third-order valence-corrected chi connectivity index (χ3v) is 3.14. The van der Waals surface area contributed by atoms with Crippen LogP contribution in [0.25, 0.3) is 10.9 Å². The van der Waals surface area contributed by atoms with Crippen molar-refractivity contribution >= 4 is 10.9 Å². The first-order chi connectivity index (χ1) is 9.22. The number of nitrogens with one attached hydrogen (secondary N) is 1. The highest BCUT2D eigenvalue weighted by Gasteiger charge is 2.05. The molecule has 0 saturated carbocycles. The maximum Gasteiger partial charge on any atom is 0.0587 e. The number of hydrogen-bond acceptors (Lipinski definition) is 2. The lowest BCUT2D eigenvalue weighted by Gasteiger charge is -2.08. The molecule has 0 fully saturated rings. The molecule has 0 unspecified atom stereocenters. The van der Waals surface area contributed by atoms with E-state index in [-0.39, 0.29) is 0 Å². The van der Waals surface area contributed by atoms with E-state index in [1.807, 2.05) is 0 Å². The van der Waals surface area contributed by atoms with Gasteiger partial charge in [-0.05, 0) is 24.6 Å². The Kier molecular flexibility index (Phi) is 4.77. The molecule has 3 heteroatoms. The lowest BCUT2D eigenvalue weighted by Crippen LogP contribution is -2.18. The van der Waals surface area contributed by atoms with Gasteiger partial charge in [-0.2, -0.15) is 0 Å². The highest BCUT2D eigenvalue weighted by atomic mass is 16.5. The maximum atomic E-state index is 5.04. The maximum absolute atomic E-state index is 5.04. The summed E-state index contributed by atoms with van der Waals surface area (Å²) in [6, 6.07) is 8.64. The van der Waals surface area contributed by atoms with Crippen LogP contribution in [0.1, 0.15) is 12.5 Å². The van der Waals surface area contributed by atoms with Gasteiger partial charge in [0.2, 0.25) is 0 Å². The molecule has 0 amide bonds. The first-order valence-electron chi connectivity index (χ1n) is 6.63. The van der Waals surface area contributed by atoms with E-state index < -0.39 is 0 Å². The van der Waals surface area contributed by atoms with Gasteiger partial charge < -0.3 is 14.6 Å². The van der Waals surface area contributed by atoms with E-state index in [1.54, 1.807) is 7.11 Å². The van der Waals surface area contributed by atoms with Crippen LogP contribution in [0.2, 0.25) is 0 Å². The second-order valence-corrected chi connectivity index (χ2v) is 4.92. The number of aromatic nitrogens is 1. The van der Waals surface area contributed by atoms with E-state index in [0.717, 1.165) is 26.2 Å². The number of ether oxygens (including phenoxy) is 1. The topological polar surface area (TPSA) is 26.2 Å². The SMILES string of the molecule is C=C(C)Cn1ccc2c(CNCCOC)cccc21. The molecule has 2 aromatic rings. The van der Waals surface area contributed by atoms with Crippen LogP contribution in [0.15, 0.2) is 42.6 Å². The zero-order valence-electron chi connectivity index (χ0n) is 11.8. The molecule has 1 aromatic heterocycles. The first-order valence-corrected chi connectivity index (χ1v) is 6.63. The summed E-state index contributed by atoms with van der Waals surface area (Å²) in [4.78, 5) is 0. The number of nitrogens with zero attached hydrogens (tertiary/aromatic N) is 1. The average Bonchev–Trinajstić information content (AvgIpc) is 2.78. The smallest absolute Gasteiger partial charge is 0.0587 e. The van der Waals surface area contributed by atoms with Crippen molar-refractivity contribution in [3.8, 4) is 0 Å². The van der Waals surface area contributed by atoms with Crippen LogP contribution in [-0.4, -0.2) is 24.8 Å². The summed E-state index contributed by atoms with van der Waals surface area (Å²) in [6.45, 7) is 9.41. The Morgan fingerprint density at radius 3 is 2.95 bits per heavy atom. The Morgan fingerprint density at radius 2 is 2.21 bits per heavy atom. The molecule has 0 saturated heterocycles. The highest BCUT2D eigenvalue weighted by Crippen LogP contribution is 2.21. The zero-order valence-corrected chi connectivity index (χ0v) is 11.8. The van der Waals surface area contributed by atoms with Crippen molar-refractivity contribution in [3.63, 3.8) is 0 Å². The van der Waals surface area contributed by atoms with Gasteiger partial charge in [0.1, 0.15) is 0 Å². The third-order valence-electron chi connectivity index (χ3n) is 3.14. The van der Waals surface area contributed by atoms with Crippen molar-refractivity contribution in [3.05, 3.63) is 48.2 Å². The van der Waals surface area contributed by atoms with Crippen LogP contribution in [0.4, 0.5) is 0 Å². The summed E-state index contributed by atoms with van der Waals surface area (Å²) in [6.07, 6.45) is 2.14. The van der Waals surface area contributed by atoms with Gasteiger partial charge in [0.05, 0.1) is 6.61 Å². The summed E-state index contributed by atoms with van der Waals surface area (Å²) in [5.41, 5.74) is 3.77. The Bertz CT molecular complexity index is 557. The second-order valence-electron chi connectivity index (χ2n) is 4.92. The summed E-state index contributed by atoms with van der Waals surface area (Å²) in [7, 11) is 1.72. The average molecular weight is 258 g/mol. The van der Waals surface area contributed by atoms with Crippen molar-refractivity contribution in [1.29, 1.82) is 0 Å². The second kappa shape index (κ2) is 6.55. The molecule has 0 aliphatic rings. The van der Waals surface area contributed by atoms with E-state index in [2.05, 4.69) is 53.8 Å². The summed E-state index contributed by atoms with van der Waals surface area (Å²) in [5.74, 6) is 0. The van der Waals surface area contributed by atoms with Crippen molar-refractivity contribution < 1.29 is 4.74 Å². The van der Waals surface area contributed by atoms with E-state index in [1.165, 1.54) is 22.0 Å². The van der Waals surface area contributed by atoms with Gasteiger partial charge in [-0.15, -0.1) is 0 Å². The van der Waals surface area contributed by atoms with Crippen LogP contribution in [0.5, 0.6) is 0 Å². The molecule has 3 nitrogen and oxygen atoms in total. The number of allylic oxidation sites excluding steroid dienone is 1. The standard InChI is InChI=1S/C16H22N2O/c1-13(2)12-18-9-7-15-14(5-4-6-16(15)18)11-17-8-10-19-3/h4-7,9,17H,1,8,10-12H2,2-3H3. The fourth-order valence-electron chi connectivity index (χ4n) is 2.27. The molecule has 0 spiro atoms. The van der Waals surface area contributed by atoms with Gasteiger partial charge in [0, 0.05) is 43.8 Å². The highest BCUT2D eigenvalue weighted by molar-refractivity contribution is 5.83. The Labute approximate surface area is 114 Å². The van der Waals surface area contributed by atoms with Gasteiger partial charge in [-0.25, -0.2) is 0 Å². The van der Waals surface area contributed by atoms with Crippen LogP contribution in [-0.2, 0) is 17.8 Å². The number of methoxy groups -OCH3 is 1. The fraction of sp³-hybridized carbons (Fsp3) is 0.375. The number of fused-ring (bicyclic) bond motifs is 1. The minimum absolute atomic E-state index is 0.743. The molecule has 19 heavy (non-hydrogen) atoms. The molecule has 0 aliphatic carbocycles. The first kappa shape index (κ1) is 13.8. The van der Waals surface area contributed by atoms with Crippen LogP contribution < -0.4 is 5.32 Å². The van der Waals surface area contributed by atoms with Crippen molar-refractivity contribution in [2.45, 2.75) is 20.0 Å². The van der Waals surface area contributed by atoms with Crippen molar-refractivity contribution in [1.82, 2.24) is 9.88 Å². The lowest BCUT2D eigenvalue weighted by molar-refractivity contribution is 0.199. The fourth-order valence-corrected chi connectivity index (χ4v) is 2.27. The van der Waals surface area contributed by atoms with Crippen molar-refractivity contribution in [2.75, 3.05) is 20.3 Å². The monoisotopic (exact) mass is 258 g/mol. The molecule has 1 N–H and O–H groups in total. The van der Waals surface area contributed by atoms with Gasteiger partial charge in [-0.3, -0.25) is 0 Å². The quantitative estimate of drug-likeness (QED) is 0.610. The molecular formula is C16H22N2O. The largest absolute Gasteiger partial charge is 0.383 e. The number of benzene rings is 1. The Balaban J connectivity index is 2.16. The van der Waals surface area contributed by atoms with Crippen LogP contribution in [0, 0.1) is 0 Å². The van der Waals surface area contributed by atoms with E-state index in [0.29, 0.717) is 0 Å². The minimum Gasteiger partial charge on any atom is -0.383 e. The molecule has 1 aromatic carbocycles. The van der Waals surface area contributed by atoms with E-state index >= 15 is 0 Å². The predicted molar refractivity (Wildman–Crippen MR) is 80.3 cm³/mol. The predicted octanol–water partition coefficient (Wildman–Crippen LogP) is 2.95. The molecule has 2 rings (SSSR count). The summed E-state index contributed by atoms with van der Waals surface area (Å²) in [5, 5.41) is 4.71. The zero-order chi connectivity index (χ0) is 13.7. The Morgan fingerprint density at radius 1 is 1.37 bits per heavy atom. The Hall–Kier alpha value is -1.58. The lowest BCUT2D eigenvalue weighted by atomic mass is 10.1. The third kappa shape index (κ3) is 3.46. The normalized spacial score (nSPS) is 11.1. The van der Waals surface area contributed by atoms with Crippen LogP contribution in [0.3, 0.4) is 0 Å². The molecule has 0 radical (unpaired) electrons. The molecule has 1 heterocycles. The van der Waals surface area contributed by atoms with Gasteiger partial charge in [-0.1, -0.05) is 24.3 Å². The molecule has 0 aliphatic heterocycles.